The second kappa shape index (κ2) is 3.91. The number of aliphatic carboxylic acids is 1. The van der Waals surface area contributed by atoms with E-state index in [1.807, 2.05) is 0 Å². The van der Waals surface area contributed by atoms with Crippen LogP contribution in [0, 0.1) is 0 Å². The maximum Gasteiger partial charge on any atom is 0.351 e. The summed E-state index contributed by atoms with van der Waals surface area (Å²) in [4.78, 5) is 9.93. The maximum absolute atomic E-state index is 9.93. The molecule has 0 unspecified atom stereocenters. The lowest BCUT2D eigenvalue weighted by Crippen LogP contribution is -2.09. The average Bonchev–Trinajstić information content (AvgIpc) is 1.82. The number of carbonyl (C=O) groups is 1. The van der Waals surface area contributed by atoms with E-state index in [4.69, 9.17) is 15.9 Å². The zero-order chi connectivity index (χ0) is 7.28. The summed E-state index contributed by atoms with van der Waals surface area (Å²) in [6, 6.07) is 0. The van der Waals surface area contributed by atoms with Crippen LogP contribution in [0.3, 0.4) is 0 Å². The Bertz CT molecular complexity index is 130. The number of hydrogen-bond acceptors (Lipinski definition) is 3. The van der Waals surface area contributed by atoms with Gasteiger partial charge in [-0.25, -0.2) is 4.79 Å². The molecule has 4 N–H and O–H groups in total. The van der Waals surface area contributed by atoms with Crippen molar-refractivity contribution in [2.24, 2.45) is 5.73 Å². The van der Waals surface area contributed by atoms with E-state index in [0.29, 0.717) is 0 Å². The fourth-order valence-electron chi connectivity index (χ4n) is 0.307. The van der Waals surface area contributed by atoms with Gasteiger partial charge < -0.3 is 15.9 Å². The molecule has 0 bridgehead atoms. The van der Waals surface area contributed by atoms with Gasteiger partial charge in [-0.3, -0.25) is 0 Å². The molecule has 4 nitrogen and oxygen atoms in total. The third-order valence-corrected chi connectivity index (χ3v) is 0.740. The van der Waals surface area contributed by atoms with Gasteiger partial charge in [0.05, 0.1) is 0 Å². The van der Waals surface area contributed by atoms with Crippen molar-refractivity contribution < 1.29 is 15.0 Å². The van der Waals surface area contributed by atoms with Crippen molar-refractivity contribution in [2.75, 3.05) is 6.61 Å². The number of aliphatic hydroxyl groups is 1. The molecule has 52 valence electrons. The van der Waals surface area contributed by atoms with Crippen LogP contribution < -0.4 is 5.73 Å². The predicted octanol–water partition coefficient (Wildman–Crippen LogP) is -0.704. The van der Waals surface area contributed by atoms with E-state index in [-0.39, 0.29) is 18.7 Å². The summed E-state index contributed by atoms with van der Waals surface area (Å²) in [5, 5.41) is 16.3. The van der Waals surface area contributed by atoms with Gasteiger partial charge in [-0.15, -0.1) is 0 Å². The van der Waals surface area contributed by atoms with Gasteiger partial charge in [0.1, 0.15) is 5.70 Å². The standard InChI is InChI=1S/C5H9NO3/c6-4(5(8)9)2-1-3-7/h2,7H,1,3,6H2,(H,8,9). The van der Waals surface area contributed by atoms with Gasteiger partial charge in [0.2, 0.25) is 0 Å². The van der Waals surface area contributed by atoms with Crippen LogP contribution in [-0.2, 0) is 4.79 Å². The molecule has 0 saturated carbocycles. The van der Waals surface area contributed by atoms with E-state index in [1.165, 1.54) is 6.08 Å². The SMILES string of the molecule is NC(=CCCO)C(=O)O. The van der Waals surface area contributed by atoms with E-state index < -0.39 is 5.97 Å². The summed E-state index contributed by atoms with van der Waals surface area (Å²) in [6.45, 7) is -0.0754. The van der Waals surface area contributed by atoms with E-state index in [2.05, 4.69) is 0 Å². The Morgan fingerprint density at radius 3 is 2.56 bits per heavy atom. The quantitative estimate of drug-likeness (QED) is 0.442. The van der Waals surface area contributed by atoms with Crippen LogP contribution in [0.25, 0.3) is 0 Å². The largest absolute Gasteiger partial charge is 0.477 e. The summed E-state index contributed by atoms with van der Waals surface area (Å²) >= 11 is 0. The van der Waals surface area contributed by atoms with Crippen molar-refractivity contribution in [3.8, 4) is 0 Å². The molecule has 9 heavy (non-hydrogen) atoms. The summed E-state index contributed by atoms with van der Waals surface area (Å²) in [6.07, 6.45) is 1.56. The van der Waals surface area contributed by atoms with Crippen LogP contribution in [0.15, 0.2) is 11.8 Å². The number of hydrogen-bond donors (Lipinski definition) is 3. The Hall–Kier alpha value is -1.03. The minimum atomic E-state index is -1.15. The zero-order valence-corrected chi connectivity index (χ0v) is 4.87. The maximum atomic E-state index is 9.93. The molecule has 0 atom stereocenters. The molecule has 0 heterocycles. The Balaban J connectivity index is 3.69. The van der Waals surface area contributed by atoms with Crippen molar-refractivity contribution in [3.63, 3.8) is 0 Å². The van der Waals surface area contributed by atoms with E-state index in [0.717, 1.165) is 0 Å². The first kappa shape index (κ1) is 7.97. The van der Waals surface area contributed by atoms with Crippen molar-refractivity contribution in [1.29, 1.82) is 0 Å². The topological polar surface area (TPSA) is 83.5 Å². The highest BCUT2D eigenvalue weighted by Crippen LogP contribution is 1.86. The Morgan fingerprint density at radius 1 is 1.67 bits per heavy atom. The fraction of sp³-hybridized carbons (Fsp3) is 0.400. The molecule has 0 aromatic rings. The summed E-state index contributed by atoms with van der Waals surface area (Å²) in [5.41, 5.74) is 4.73. The zero-order valence-electron chi connectivity index (χ0n) is 4.87. The van der Waals surface area contributed by atoms with Crippen molar-refractivity contribution in [1.82, 2.24) is 0 Å². The minimum absolute atomic E-state index is 0.0754. The van der Waals surface area contributed by atoms with Crippen LogP contribution in [0.2, 0.25) is 0 Å². The monoisotopic (exact) mass is 131 g/mol. The van der Waals surface area contributed by atoms with Crippen LogP contribution in [0.5, 0.6) is 0 Å². The first-order valence-electron chi connectivity index (χ1n) is 2.48. The smallest absolute Gasteiger partial charge is 0.351 e. The highest BCUT2D eigenvalue weighted by atomic mass is 16.4. The molecular formula is C5H9NO3. The number of carboxylic acid groups (broad SMARTS) is 1. The normalized spacial score (nSPS) is 11.4. The molecule has 0 rings (SSSR count). The van der Waals surface area contributed by atoms with Gasteiger partial charge in [0.15, 0.2) is 0 Å². The van der Waals surface area contributed by atoms with Crippen molar-refractivity contribution >= 4 is 5.97 Å². The fourth-order valence-corrected chi connectivity index (χ4v) is 0.307. The van der Waals surface area contributed by atoms with E-state index in [1.54, 1.807) is 0 Å². The Morgan fingerprint density at radius 2 is 2.22 bits per heavy atom. The second-order valence-electron chi connectivity index (χ2n) is 1.48. The summed E-state index contributed by atoms with van der Waals surface area (Å²) in [7, 11) is 0. The second-order valence-corrected chi connectivity index (χ2v) is 1.48. The number of carboxylic acids is 1. The minimum Gasteiger partial charge on any atom is -0.477 e. The van der Waals surface area contributed by atoms with E-state index >= 15 is 0 Å². The predicted molar refractivity (Wildman–Crippen MR) is 31.6 cm³/mol. The number of rotatable bonds is 3. The van der Waals surface area contributed by atoms with Gasteiger partial charge in [-0.2, -0.15) is 0 Å². The van der Waals surface area contributed by atoms with Crippen molar-refractivity contribution in [2.45, 2.75) is 6.42 Å². The molecular weight excluding hydrogens is 122 g/mol. The van der Waals surface area contributed by atoms with Gasteiger partial charge in [0, 0.05) is 6.61 Å². The first-order chi connectivity index (χ1) is 4.18. The Kier molecular flexibility index (Phi) is 3.46. The van der Waals surface area contributed by atoms with Crippen LogP contribution >= 0.6 is 0 Å². The van der Waals surface area contributed by atoms with Crippen LogP contribution in [0.4, 0.5) is 0 Å². The Labute approximate surface area is 52.6 Å². The molecule has 0 spiro atoms. The highest BCUT2D eigenvalue weighted by molar-refractivity contribution is 5.85. The first-order valence-corrected chi connectivity index (χ1v) is 2.48. The van der Waals surface area contributed by atoms with Crippen LogP contribution in [0.1, 0.15) is 6.42 Å². The molecule has 0 amide bonds. The molecule has 0 aliphatic rings. The van der Waals surface area contributed by atoms with Gasteiger partial charge in [0.25, 0.3) is 0 Å². The molecule has 0 aromatic heterocycles. The molecule has 0 aliphatic carbocycles. The van der Waals surface area contributed by atoms with Crippen LogP contribution in [-0.4, -0.2) is 22.8 Å². The molecule has 0 aliphatic heterocycles. The van der Waals surface area contributed by atoms with Crippen molar-refractivity contribution in [3.05, 3.63) is 11.8 Å². The lowest BCUT2D eigenvalue weighted by Gasteiger charge is -1.89. The van der Waals surface area contributed by atoms with Gasteiger partial charge in [-0.1, -0.05) is 6.08 Å². The lowest BCUT2D eigenvalue weighted by molar-refractivity contribution is -0.132. The molecule has 0 fully saturated rings. The van der Waals surface area contributed by atoms with E-state index in [9.17, 15) is 4.79 Å². The molecule has 0 aromatic carbocycles. The molecule has 0 radical (unpaired) electrons. The van der Waals surface area contributed by atoms with Gasteiger partial charge >= 0.3 is 5.97 Å². The molecule has 0 saturated heterocycles. The third kappa shape index (κ3) is 3.54. The number of aliphatic hydroxyl groups excluding tert-OH is 1. The third-order valence-electron chi connectivity index (χ3n) is 0.740. The number of nitrogens with two attached hydrogens (primary N) is 1. The summed E-state index contributed by atoms with van der Waals surface area (Å²) < 4.78 is 0. The van der Waals surface area contributed by atoms with Gasteiger partial charge in [-0.05, 0) is 6.42 Å². The lowest BCUT2D eigenvalue weighted by atomic mass is 10.3. The highest BCUT2D eigenvalue weighted by Gasteiger charge is 1.97. The average molecular weight is 131 g/mol. The summed E-state index contributed by atoms with van der Waals surface area (Å²) in [5.74, 6) is -1.15. The molecule has 4 heteroatoms.